The molecule has 0 heterocycles. The Morgan fingerprint density at radius 1 is 1.41 bits per heavy atom. The van der Waals surface area contributed by atoms with Crippen molar-refractivity contribution in [1.29, 1.82) is 0 Å². The van der Waals surface area contributed by atoms with E-state index in [9.17, 15) is 4.79 Å². The summed E-state index contributed by atoms with van der Waals surface area (Å²) in [6, 6.07) is 6.91. The molecule has 2 amide bonds. The minimum atomic E-state index is -0.0800. The second-order valence-electron chi connectivity index (χ2n) is 4.62. The molecule has 0 spiro atoms. The number of urea groups is 1. The Hall–Kier alpha value is -1.51. The first-order valence-corrected chi connectivity index (χ1v) is 6.32. The van der Waals surface area contributed by atoms with E-state index in [1.54, 1.807) is 7.05 Å². The van der Waals surface area contributed by atoms with Crippen LogP contribution in [-0.4, -0.2) is 19.1 Å². The molecule has 1 aromatic carbocycles. The lowest BCUT2D eigenvalue weighted by Crippen LogP contribution is -2.43. The van der Waals surface area contributed by atoms with Crippen molar-refractivity contribution in [1.82, 2.24) is 10.6 Å². The zero-order valence-electron chi connectivity index (χ0n) is 10.5. The van der Waals surface area contributed by atoms with Gasteiger partial charge in [0.15, 0.2) is 0 Å². The summed E-state index contributed by atoms with van der Waals surface area (Å²) in [4.78, 5) is 11.3. The van der Waals surface area contributed by atoms with Crippen molar-refractivity contribution in [3.05, 3.63) is 34.9 Å². The molecule has 1 aliphatic rings. The first-order valence-electron chi connectivity index (χ1n) is 6.32. The Kier molecular flexibility index (Phi) is 3.67. The van der Waals surface area contributed by atoms with Crippen molar-refractivity contribution >= 4 is 6.03 Å². The summed E-state index contributed by atoms with van der Waals surface area (Å²) in [6.07, 6.45) is 4.14. The highest BCUT2D eigenvalue weighted by atomic mass is 16.2. The van der Waals surface area contributed by atoms with E-state index in [4.69, 9.17) is 0 Å². The molecule has 0 saturated carbocycles. The SMILES string of the molecule is CCc1ccc2c(c1)CCC(NC(=O)NC)C2. The smallest absolute Gasteiger partial charge is 0.314 e. The number of hydrogen-bond donors (Lipinski definition) is 2. The lowest BCUT2D eigenvalue weighted by molar-refractivity contribution is 0.237. The van der Waals surface area contributed by atoms with Crippen LogP contribution in [0.2, 0.25) is 0 Å². The number of amides is 2. The van der Waals surface area contributed by atoms with Crippen molar-refractivity contribution in [2.75, 3.05) is 7.05 Å². The summed E-state index contributed by atoms with van der Waals surface area (Å²) in [5, 5.41) is 5.59. The summed E-state index contributed by atoms with van der Waals surface area (Å²) in [6.45, 7) is 2.18. The first-order chi connectivity index (χ1) is 8.22. The Labute approximate surface area is 103 Å². The maximum atomic E-state index is 11.3. The third-order valence-electron chi connectivity index (χ3n) is 3.47. The van der Waals surface area contributed by atoms with Crippen LogP contribution in [0.15, 0.2) is 18.2 Å². The molecular formula is C14H20N2O. The van der Waals surface area contributed by atoms with Crippen LogP contribution in [0.4, 0.5) is 4.79 Å². The van der Waals surface area contributed by atoms with Crippen molar-refractivity contribution in [3.63, 3.8) is 0 Å². The second-order valence-corrected chi connectivity index (χ2v) is 4.62. The zero-order chi connectivity index (χ0) is 12.3. The lowest BCUT2D eigenvalue weighted by atomic mass is 9.87. The zero-order valence-corrected chi connectivity index (χ0v) is 10.5. The quantitative estimate of drug-likeness (QED) is 0.805. The van der Waals surface area contributed by atoms with E-state index in [0.29, 0.717) is 0 Å². The summed E-state index contributed by atoms with van der Waals surface area (Å²) >= 11 is 0. The van der Waals surface area contributed by atoms with Gasteiger partial charge in [-0.1, -0.05) is 25.1 Å². The molecule has 2 rings (SSSR count). The number of rotatable bonds is 2. The maximum absolute atomic E-state index is 11.3. The molecule has 92 valence electrons. The highest BCUT2D eigenvalue weighted by Gasteiger charge is 2.19. The standard InChI is InChI=1S/C14H20N2O/c1-3-10-4-5-12-9-13(16-14(17)15-2)7-6-11(12)8-10/h4-5,8,13H,3,6-7,9H2,1-2H3,(H2,15,16,17). The van der Waals surface area contributed by atoms with Crippen molar-refractivity contribution in [3.8, 4) is 0 Å². The number of nitrogens with one attached hydrogen (secondary N) is 2. The van der Waals surface area contributed by atoms with Crippen molar-refractivity contribution in [2.24, 2.45) is 0 Å². The summed E-state index contributed by atoms with van der Waals surface area (Å²) in [7, 11) is 1.65. The monoisotopic (exact) mass is 232 g/mol. The van der Waals surface area contributed by atoms with Gasteiger partial charge in [0.2, 0.25) is 0 Å². The van der Waals surface area contributed by atoms with Crippen molar-refractivity contribution in [2.45, 2.75) is 38.6 Å². The van der Waals surface area contributed by atoms with Gasteiger partial charge in [-0.15, -0.1) is 0 Å². The van der Waals surface area contributed by atoms with Gasteiger partial charge in [-0.25, -0.2) is 4.79 Å². The molecule has 1 unspecified atom stereocenters. The molecule has 0 aliphatic heterocycles. The van der Waals surface area contributed by atoms with Crippen LogP contribution in [0.3, 0.4) is 0 Å². The Bertz CT molecular complexity index is 415. The van der Waals surface area contributed by atoms with Crippen LogP contribution in [-0.2, 0) is 19.3 Å². The Morgan fingerprint density at radius 2 is 2.24 bits per heavy atom. The van der Waals surface area contributed by atoms with E-state index in [1.165, 1.54) is 16.7 Å². The molecule has 3 nitrogen and oxygen atoms in total. The molecule has 1 aliphatic carbocycles. The van der Waals surface area contributed by atoms with Gasteiger partial charge in [0.05, 0.1) is 0 Å². The molecule has 2 N–H and O–H groups in total. The van der Waals surface area contributed by atoms with Crippen LogP contribution >= 0.6 is 0 Å². The molecule has 0 aromatic heterocycles. The van der Waals surface area contributed by atoms with E-state index in [2.05, 4.69) is 35.8 Å². The number of carbonyl (C=O) groups excluding carboxylic acids is 1. The predicted molar refractivity (Wildman–Crippen MR) is 69.2 cm³/mol. The minimum absolute atomic E-state index is 0.0800. The van der Waals surface area contributed by atoms with Crippen LogP contribution < -0.4 is 10.6 Å². The van der Waals surface area contributed by atoms with Gasteiger partial charge in [-0.3, -0.25) is 0 Å². The van der Waals surface area contributed by atoms with E-state index >= 15 is 0 Å². The Balaban J connectivity index is 2.06. The predicted octanol–water partition coefficient (Wildman–Crippen LogP) is 2.04. The maximum Gasteiger partial charge on any atom is 0.314 e. The van der Waals surface area contributed by atoms with E-state index in [0.717, 1.165) is 25.7 Å². The summed E-state index contributed by atoms with van der Waals surface area (Å²) in [5.41, 5.74) is 4.25. The number of aryl methyl sites for hydroxylation is 2. The highest BCUT2D eigenvalue weighted by Crippen LogP contribution is 2.22. The van der Waals surface area contributed by atoms with E-state index < -0.39 is 0 Å². The average Bonchev–Trinajstić information content (AvgIpc) is 2.38. The van der Waals surface area contributed by atoms with Crippen molar-refractivity contribution < 1.29 is 4.79 Å². The molecule has 0 bridgehead atoms. The Morgan fingerprint density at radius 3 is 2.94 bits per heavy atom. The molecule has 0 radical (unpaired) electrons. The molecule has 3 heteroatoms. The molecule has 1 atom stereocenters. The lowest BCUT2D eigenvalue weighted by Gasteiger charge is -2.25. The normalized spacial score (nSPS) is 18.4. The number of hydrogen-bond acceptors (Lipinski definition) is 1. The summed E-state index contributed by atoms with van der Waals surface area (Å²) in [5.74, 6) is 0. The van der Waals surface area contributed by atoms with E-state index in [-0.39, 0.29) is 12.1 Å². The topological polar surface area (TPSA) is 41.1 Å². The third kappa shape index (κ3) is 2.78. The van der Waals surface area contributed by atoms with Gasteiger partial charge in [0.1, 0.15) is 0 Å². The van der Waals surface area contributed by atoms with Crippen LogP contribution in [0, 0.1) is 0 Å². The van der Waals surface area contributed by atoms with Crippen LogP contribution in [0.25, 0.3) is 0 Å². The number of fused-ring (bicyclic) bond motifs is 1. The fourth-order valence-electron chi connectivity index (χ4n) is 2.41. The molecule has 17 heavy (non-hydrogen) atoms. The average molecular weight is 232 g/mol. The van der Waals surface area contributed by atoms with Gasteiger partial charge in [-0.2, -0.15) is 0 Å². The highest BCUT2D eigenvalue weighted by molar-refractivity contribution is 5.73. The second kappa shape index (κ2) is 5.21. The van der Waals surface area contributed by atoms with Crippen LogP contribution in [0.5, 0.6) is 0 Å². The first kappa shape index (κ1) is 12.0. The van der Waals surface area contributed by atoms with Gasteiger partial charge >= 0.3 is 6.03 Å². The van der Waals surface area contributed by atoms with Crippen LogP contribution in [0.1, 0.15) is 30.0 Å². The molecular weight excluding hydrogens is 212 g/mol. The van der Waals surface area contributed by atoms with Gasteiger partial charge in [0.25, 0.3) is 0 Å². The number of benzene rings is 1. The fourth-order valence-corrected chi connectivity index (χ4v) is 2.41. The largest absolute Gasteiger partial charge is 0.341 e. The van der Waals surface area contributed by atoms with Gasteiger partial charge < -0.3 is 10.6 Å². The number of carbonyl (C=O) groups is 1. The summed E-state index contributed by atoms with van der Waals surface area (Å²) < 4.78 is 0. The molecule has 0 fully saturated rings. The van der Waals surface area contributed by atoms with E-state index in [1.807, 2.05) is 0 Å². The molecule has 1 aromatic rings. The third-order valence-corrected chi connectivity index (χ3v) is 3.47. The van der Waals surface area contributed by atoms with Gasteiger partial charge in [0, 0.05) is 13.1 Å². The minimum Gasteiger partial charge on any atom is -0.341 e. The molecule has 0 saturated heterocycles. The fraction of sp³-hybridized carbons (Fsp3) is 0.500. The van der Waals surface area contributed by atoms with Gasteiger partial charge in [-0.05, 0) is 42.4 Å².